The van der Waals surface area contributed by atoms with Gasteiger partial charge in [0.05, 0.1) is 5.02 Å². The molecule has 0 unspecified atom stereocenters. The molecule has 0 aliphatic carbocycles. The number of benzene rings is 1. The quantitative estimate of drug-likeness (QED) is 0.709. The van der Waals surface area contributed by atoms with Gasteiger partial charge >= 0.3 is 0 Å². The molecule has 0 atom stereocenters. The molecule has 66 valence electrons. The lowest BCUT2D eigenvalue weighted by Gasteiger charge is -1.95. The molecule has 13 heavy (non-hydrogen) atoms. The van der Waals surface area contributed by atoms with E-state index in [1.165, 1.54) is 0 Å². The highest BCUT2D eigenvalue weighted by Gasteiger charge is 2.02. The van der Waals surface area contributed by atoms with Gasteiger partial charge in [-0.3, -0.25) is 0 Å². The summed E-state index contributed by atoms with van der Waals surface area (Å²) in [6.07, 6.45) is 0. The second-order valence-electron chi connectivity index (χ2n) is 3.02. The number of aromatic amines is 1. The minimum Gasteiger partial charge on any atom is -0.357 e. The number of H-pyrrole nitrogens is 1. The monoisotopic (exact) mass is 191 g/mol. The van der Waals surface area contributed by atoms with Crippen molar-refractivity contribution in [2.45, 2.75) is 6.92 Å². The Morgan fingerprint density at radius 3 is 2.38 bits per heavy atom. The molecule has 1 heterocycles. The van der Waals surface area contributed by atoms with Crippen LogP contribution in [0.15, 0.2) is 36.4 Å². The van der Waals surface area contributed by atoms with Gasteiger partial charge in [0.2, 0.25) is 0 Å². The van der Waals surface area contributed by atoms with Gasteiger partial charge in [-0.1, -0.05) is 41.9 Å². The summed E-state index contributed by atoms with van der Waals surface area (Å²) >= 11 is 5.95. The van der Waals surface area contributed by atoms with Gasteiger partial charge in [-0.25, -0.2) is 0 Å². The molecule has 0 saturated heterocycles. The maximum Gasteiger partial charge on any atom is 0.0616 e. The van der Waals surface area contributed by atoms with Crippen molar-refractivity contribution in [2.75, 3.05) is 0 Å². The van der Waals surface area contributed by atoms with Crippen molar-refractivity contribution in [2.24, 2.45) is 0 Å². The van der Waals surface area contributed by atoms with E-state index in [9.17, 15) is 0 Å². The minimum atomic E-state index is 0.791. The van der Waals surface area contributed by atoms with E-state index < -0.39 is 0 Å². The highest BCUT2D eigenvalue weighted by Crippen LogP contribution is 2.24. The second kappa shape index (κ2) is 3.27. The largest absolute Gasteiger partial charge is 0.357 e. The van der Waals surface area contributed by atoms with Crippen LogP contribution >= 0.6 is 11.6 Å². The lowest BCUT2D eigenvalue weighted by Crippen LogP contribution is -1.75. The van der Waals surface area contributed by atoms with E-state index in [0.717, 1.165) is 22.0 Å². The number of nitrogens with one attached hydrogen (secondary N) is 1. The van der Waals surface area contributed by atoms with Crippen LogP contribution in [0, 0.1) is 6.92 Å². The molecule has 0 spiro atoms. The molecular formula is C11H10ClN. The third-order valence-electron chi connectivity index (χ3n) is 2.04. The Bertz CT molecular complexity index is 384. The standard InChI is InChI=1S/C11H10ClN/c1-8-10(12)7-11(13-8)9-5-3-2-4-6-9/h2-7,13H,1H3. The van der Waals surface area contributed by atoms with Crippen molar-refractivity contribution in [3.05, 3.63) is 47.1 Å². The maximum atomic E-state index is 5.95. The lowest BCUT2D eigenvalue weighted by molar-refractivity contribution is 1.27. The summed E-state index contributed by atoms with van der Waals surface area (Å²) in [7, 11) is 0. The zero-order valence-corrected chi connectivity index (χ0v) is 8.10. The van der Waals surface area contributed by atoms with Crippen molar-refractivity contribution in [1.82, 2.24) is 4.98 Å². The first-order chi connectivity index (χ1) is 6.27. The highest BCUT2D eigenvalue weighted by molar-refractivity contribution is 6.31. The van der Waals surface area contributed by atoms with Crippen LogP contribution in [0.2, 0.25) is 5.02 Å². The van der Waals surface area contributed by atoms with E-state index in [4.69, 9.17) is 11.6 Å². The predicted molar refractivity (Wildman–Crippen MR) is 56.0 cm³/mol. The number of aryl methyl sites for hydroxylation is 1. The zero-order valence-electron chi connectivity index (χ0n) is 7.34. The van der Waals surface area contributed by atoms with Gasteiger partial charge in [0, 0.05) is 11.4 Å². The van der Waals surface area contributed by atoms with Crippen LogP contribution in [0.1, 0.15) is 5.69 Å². The van der Waals surface area contributed by atoms with E-state index in [1.807, 2.05) is 31.2 Å². The van der Waals surface area contributed by atoms with Gasteiger partial charge < -0.3 is 4.98 Å². The topological polar surface area (TPSA) is 15.8 Å². The molecule has 0 saturated carbocycles. The molecule has 0 amide bonds. The SMILES string of the molecule is Cc1[nH]c(-c2ccccc2)cc1Cl. The molecule has 0 aliphatic rings. The zero-order chi connectivity index (χ0) is 9.26. The molecule has 1 nitrogen and oxygen atoms in total. The Morgan fingerprint density at radius 1 is 1.15 bits per heavy atom. The van der Waals surface area contributed by atoms with E-state index in [0.29, 0.717) is 0 Å². The van der Waals surface area contributed by atoms with E-state index in [2.05, 4.69) is 17.1 Å². The second-order valence-corrected chi connectivity index (χ2v) is 3.43. The molecule has 2 aromatic rings. The Hall–Kier alpha value is -1.21. The first-order valence-corrected chi connectivity index (χ1v) is 4.55. The number of aromatic nitrogens is 1. The van der Waals surface area contributed by atoms with Crippen LogP contribution in [-0.2, 0) is 0 Å². The molecule has 1 aromatic heterocycles. The van der Waals surface area contributed by atoms with Crippen LogP contribution in [-0.4, -0.2) is 4.98 Å². The average molecular weight is 192 g/mol. The van der Waals surface area contributed by atoms with Crippen LogP contribution in [0.4, 0.5) is 0 Å². The van der Waals surface area contributed by atoms with Crippen molar-refractivity contribution in [1.29, 1.82) is 0 Å². The van der Waals surface area contributed by atoms with E-state index in [1.54, 1.807) is 0 Å². The van der Waals surface area contributed by atoms with E-state index >= 15 is 0 Å². The van der Waals surface area contributed by atoms with Crippen LogP contribution < -0.4 is 0 Å². The Kier molecular flexibility index (Phi) is 2.11. The van der Waals surface area contributed by atoms with E-state index in [-0.39, 0.29) is 0 Å². The first-order valence-electron chi connectivity index (χ1n) is 4.18. The fraction of sp³-hybridized carbons (Fsp3) is 0.0909. The molecule has 1 N–H and O–H groups in total. The highest BCUT2D eigenvalue weighted by atomic mass is 35.5. The van der Waals surface area contributed by atoms with Crippen molar-refractivity contribution in [3.8, 4) is 11.3 Å². The third kappa shape index (κ3) is 1.61. The molecule has 0 bridgehead atoms. The summed E-state index contributed by atoms with van der Waals surface area (Å²) < 4.78 is 0. The number of hydrogen-bond acceptors (Lipinski definition) is 0. The predicted octanol–water partition coefficient (Wildman–Crippen LogP) is 3.64. The van der Waals surface area contributed by atoms with Crippen molar-refractivity contribution >= 4 is 11.6 Å². The van der Waals surface area contributed by atoms with Crippen molar-refractivity contribution < 1.29 is 0 Å². The number of halogens is 1. The summed E-state index contributed by atoms with van der Waals surface area (Å²) in [6.45, 7) is 1.97. The number of rotatable bonds is 1. The molecule has 2 rings (SSSR count). The van der Waals surface area contributed by atoms with Crippen LogP contribution in [0.5, 0.6) is 0 Å². The van der Waals surface area contributed by atoms with Gasteiger partial charge in [-0.15, -0.1) is 0 Å². The lowest BCUT2D eigenvalue weighted by atomic mass is 10.2. The molecule has 0 aliphatic heterocycles. The van der Waals surface area contributed by atoms with Gasteiger partial charge in [-0.2, -0.15) is 0 Å². The normalized spacial score (nSPS) is 10.3. The van der Waals surface area contributed by atoms with Crippen LogP contribution in [0.3, 0.4) is 0 Å². The van der Waals surface area contributed by atoms with Gasteiger partial charge in [0.25, 0.3) is 0 Å². The van der Waals surface area contributed by atoms with Crippen molar-refractivity contribution in [3.63, 3.8) is 0 Å². The Morgan fingerprint density at radius 2 is 1.85 bits per heavy atom. The summed E-state index contributed by atoms with van der Waals surface area (Å²) in [5.41, 5.74) is 3.25. The summed E-state index contributed by atoms with van der Waals surface area (Å²) in [5, 5.41) is 0.791. The van der Waals surface area contributed by atoms with Gasteiger partial charge in [0.1, 0.15) is 0 Å². The summed E-state index contributed by atoms with van der Waals surface area (Å²) in [6, 6.07) is 12.1. The average Bonchev–Trinajstić information content (AvgIpc) is 2.49. The maximum absolute atomic E-state index is 5.95. The molecule has 2 heteroatoms. The first kappa shape index (κ1) is 8.39. The fourth-order valence-corrected chi connectivity index (χ4v) is 1.46. The minimum absolute atomic E-state index is 0.791. The fourth-order valence-electron chi connectivity index (χ4n) is 1.31. The molecule has 0 radical (unpaired) electrons. The van der Waals surface area contributed by atoms with Crippen LogP contribution in [0.25, 0.3) is 11.3 Å². The van der Waals surface area contributed by atoms with Gasteiger partial charge in [-0.05, 0) is 18.6 Å². The Balaban J connectivity index is 2.48. The molecule has 0 fully saturated rings. The Labute approximate surface area is 82.4 Å². The van der Waals surface area contributed by atoms with Gasteiger partial charge in [0.15, 0.2) is 0 Å². The smallest absolute Gasteiger partial charge is 0.0616 e. The molecular weight excluding hydrogens is 182 g/mol. The molecule has 1 aromatic carbocycles. The summed E-state index contributed by atoms with van der Waals surface area (Å²) in [4.78, 5) is 3.23. The third-order valence-corrected chi connectivity index (χ3v) is 2.43. The summed E-state index contributed by atoms with van der Waals surface area (Å²) in [5.74, 6) is 0. The number of hydrogen-bond donors (Lipinski definition) is 1.